The highest BCUT2D eigenvalue weighted by molar-refractivity contribution is 7.89. The van der Waals surface area contributed by atoms with Gasteiger partial charge in [0.25, 0.3) is 0 Å². The first-order valence-corrected chi connectivity index (χ1v) is 11.7. The second-order valence-corrected chi connectivity index (χ2v) is 8.84. The van der Waals surface area contributed by atoms with Crippen LogP contribution in [0.4, 0.5) is 5.69 Å². The first kappa shape index (κ1) is 22.1. The van der Waals surface area contributed by atoms with E-state index < -0.39 is 16.1 Å². The lowest BCUT2D eigenvalue weighted by atomic mass is 10.0. The Balaban J connectivity index is 1.87. The van der Waals surface area contributed by atoms with E-state index in [-0.39, 0.29) is 10.8 Å². The highest BCUT2D eigenvalue weighted by Crippen LogP contribution is 2.31. The van der Waals surface area contributed by atoms with Gasteiger partial charge in [0.2, 0.25) is 15.9 Å². The van der Waals surface area contributed by atoms with Crippen molar-refractivity contribution in [3.63, 3.8) is 0 Å². The van der Waals surface area contributed by atoms with Gasteiger partial charge in [0.15, 0.2) is 0 Å². The Morgan fingerprint density at radius 3 is 2.50 bits per heavy atom. The molecule has 8 heteroatoms. The van der Waals surface area contributed by atoms with E-state index >= 15 is 0 Å². The molecule has 162 valence electrons. The minimum atomic E-state index is -3.77. The number of rotatable bonds is 8. The molecule has 2 aromatic rings. The third kappa shape index (κ3) is 4.94. The van der Waals surface area contributed by atoms with Gasteiger partial charge in [-0.15, -0.1) is 0 Å². The number of nitrogens with one attached hydrogen (secondary N) is 1. The number of ether oxygens (including phenoxy) is 2. The van der Waals surface area contributed by atoms with Crippen LogP contribution in [0.5, 0.6) is 11.5 Å². The highest BCUT2D eigenvalue weighted by atomic mass is 32.2. The standard InChI is InChI=1S/C22H28N2O5S/c1-3-28-17-13-14-21(29-4-2)19(16-17)23-22(25)20-12-8-9-15-24(20)30(26,27)18-10-6-5-7-11-18/h5-7,10-11,13-14,16,20H,3-4,8-9,12,15H2,1-2H3,(H,23,25). The van der Waals surface area contributed by atoms with Gasteiger partial charge in [0.1, 0.15) is 17.5 Å². The van der Waals surface area contributed by atoms with Gasteiger partial charge < -0.3 is 14.8 Å². The third-order valence-electron chi connectivity index (χ3n) is 4.93. The Labute approximate surface area is 178 Å². The third-order valence-corrected chi connectivity index (χ3v) is 6.85. The fraction of sp³-hybridized carbons (Fsp3) is 0.409. The summed E-state index contributed by atoms with van der Waals surface area (Å²) in [6.07, 6.45) is 1.98. The molecule has 1 heterocycles. The summed E-state index contributed by atoms with van der Waals surface area (Å²) in [5, 5.41) is 2.87. The van der Waals surface area contributed by atoms with E-state index in [1.165, 1.54) is 4.31 Å². The second kappa shape index (κ2) is 9.95. The van der Waals surface area contributed by atoms with Crippen LogP contribution < -0.4 is 14.8 Å². The van der Waals surface area contributed by atoms with Crippen LogP contribution in [0.1, 0.15) is 33.1 Å². The summed E-state index contributed by atoms with van der Waals surface area (Å²) in [7, 11) is -3.77. The van der Waals surface area contributed by atoms with Crippen LogP contribution >= 0.6 is 0 Å². The fourth-order valence-corrected chi connectivity index (χ4v) is 5.22. The zero-order valence-corrected chi connectivity index (χ0v) is 18.2. The van der Waals surface area contributed by atoms with Crippen molar-refractivity contribution in [2.24, 2.45) is 0 Å². The number of carbonyl (C=O) groups excluding carboxylic acids is 1. The molecule has 1 unspecified atom stereocenters. The Kier molecular flexibility index (Phi) is 7.33. The van der Waals surface area contributed by atoms with Gasteiger partial charge in [-0.2, -0.15) is 4.31 Å². The number of benzene rings is 2. The van der Waals surface area contributed by atoms with E-state index in [1.807, 2.05) is 13.8 Å². The average molecular weight is 433 g/mol. The molecule has 30 heavy (non-hydrogen) atoms. The lowest BCUT2D eigenvalue weighted by molar-refractivity contribution is -0.120. The number of hydrogen-bond acceptors (Lipinski definition) is 5. The van der Waals surface area contributed by atoms with Gasteiger partial charge in [0.05, 0.1) is 23.8 Å². The van der Waals surface area contributed by atoms with Crippen LogP contribution in [0.15, 0.2) is 53.4 Å². The first-order chi connectivity index (χ1) is 14.5. The molecule has 0 radical (unpaired) electrons. The molecule has 1 N–H and O–H groups in total. The number of amides is 1. The summed E-state index contributed by atoms with van der Waals surface area (Å²) >= 11 is 0. The van der Waals surface area contributed by atoms with Crippen LogP contribution in [-0.4, -0.2) is 44.4 Å². The van der Waals surface area contributed by atoms with Crippen molar-refractivity contribution in [1.29, 1.82) is 0 Å². The molecule has 7 nitrogen and oxygen atoms in total. The van der Waals surface area contributed by atoms with E-state index in [1.54, 1.807) is 48.5 Å². The molecule has 0 spiro atoms. The lowest BCUT2D eigenvalue weighted by Crippen LogP contribution is -2.49. The quantitative estimate of drug-likeness (QED) is 0.688. The first-order valence-electron chi connectivity index (χ1n) is 10.2. The van der Waals surface area contributed by atoms with Crippen LogP contribution in [0, 0.1) is 0 Å². The van der Waals surface area contributed by atoms with Gasteiger partial charge in [-0.3, -0.25) is 4.79 Å². The van der Waals surface area contributed by atoms with Gasteiger partial charge in [-0.05, 0) is 51.0 Å². The van der Waals surface area contributed by atoms with E-state index in [0.717, 1.165) is 12.8 Å². The number of piperidine rings is 1. The van der Waals surface area contributed by atoms with Gasteiger partial charge in [0, 0.05) is 12.6 Å². The smallest absolute Gasteiger partial charge is 0.243 e. The molecule has 1 atom stereocenters. The topological polar surface area (TPSA) is 84.9 Å². The van der Waals surface area contributed by atoms with Crippen molar-refractivity contribution in [3.8, 4) is 11.5 Å². The summed E-state index contributed by atoms with van der Waals surface area (Å²) in [4.78, 5) is 13.4. The molecular formula is C22H28N2O5S. The van der Waals surface area contributed by atoms with Crippen molar-refractivity contribution in [1.82, 2.24) is 4.31 Å². The van der Waals surface area contributed by atoms with Gasteiger partial charge in [-0.25, -0.2) is 8.42 Å². The summed E-state index contributed by atoms with van der Waals surface area (Å²) in [5.74, 6) is 0.750. The molecular weight excluding hydrogens is 404 g/mol. The molecule has 1 fully saturated rings. The average Bonchev–Trinajstić information content (AvgIpc) is 2.76. The highest BCUT2D eigenvalue weighted by Gasteiger charge is 2.37. The van der Waals surface area contributed by atoms with Crippen LogP contribution in [0.3, 0.4) is 0 Å². The molecule has 1 aliphatic heterocycles. The number of carbonyl (C=O) groups is 1. The summed E-state index contributed by atoms with van der Waals surface area (Å²) < 4.78 is 38.8. The van der Waals surface area contributed by atoms with Gasteiger partial charge in [-0.1, -0.05) is 24.6 Å². The predicted molar refractivity (Wildman–Crippen MR) is 115 cm³/mol. The summed E-state index contributed by atoms with van der Waals surface area (Å²) in [6, 6.07) is 12.7. The molecule has 1 amide bonds. The molecule has 0 aromatic heterocycles. The van der Waals surface area contributed by atoms with Crippen molar-refractivity contribution in [3.05, 3.63) is 48.5 Å². The maximum atomic E-state index is 13.2. The maximum Gasteiger partial charge on any atom is 0.243 e. The minimum absolute atomic E-state index is 0.193. The van der Waals surface area contributed by atoms with Crippen molar-refractivity contribution >= 4 is 21.6 Å². The maximum absolute atomic E-state index is 13.2. The molecule has 1 aliphatic rings. The zero-order valence-electron chi connectivity index (χ0n) is 17.3. The fourth-order valence-electron chi connectivity index (χ4n) is 3.54. The van der Waals surface area contributed by atoms with Crippen molar-refractivity contribution in [2.75, 3.05) is 25.1 Å². The van der Waals surface area contributed by atoms with Crippen molar-refractivity contribution < 1.29 is 22.7 Å². The molecule has 0 aliphatic carbocycles. The lowest BCUT2D eigenvalue weighted by Gasteiger charge is -2.33. The number of sulfonamides is 1. The van der Waals surface area contributed by atoms with Gasteiger partial charge >= 0.3 is 0 Å². The number of anilines is 1. The van der Waals surface area contributed by atoms with Crippen LogP contribution in [0.25, 0.3) is 0 Å². The molecule has 3 rings (SSSR count). The molecule has 2 aromatic carbocycles. The molecule has 0 saturated carbocycles. The van der Waals surface area contributed by atoms with Crippen molar-refractivity contribution in [2.45, 2.75) is 44.0 Å². The number of nitrogens with zero attached hydrogens (tertiary/aromatic N) is 1. The summed E-state index contributed by atoms with van der Waals surface area (Å²) in [6.45, 7) is 4.98. The molecule has 0 bridgehead atoms. The SMILES string of the molecule is CCOc1ccc(OCC)c(NC(=O)C2CCCCN2S(=O)(=O)c2ccccc2)c1. The monoisotopic (exact) mass is 432 g/mol. The Morgan fingerprint density at radius 2 is 1.80 bits per heavy atom. The summed E-state index contributed by atoms with van der Waals surface area (Å²) in [5.41, 5.74) is 0.468. The number of hydrogen-bond donors (Lipinski definition) is 1. The van der Waals surface area contributed by atoms with E-state index in [4.69, 9.17) is 9.47 Å². The van der Waals surface area contributed by atoms with Crippen LogP contribution in [-0.2, 0) is 14.8 Å². The minimum Gasteiger partial charge on any atom is -0.494 e. The Hall–Kier alpha value is -2.58. The Bertz CT molecular complexity index is 963. The second-order valence-electron chi connectivity index (χ2n) is 6.95. The predicted octanol–water partition coefficient (Wildman–Crippen LogP) is 3.67. The Morgan fingerprint density at radius 1 is 1.07 bits per heavy atom. The van der Waals surface area contributed by atoms with E-state index in [2.05, 4.69) is 5.32 Å². The normalized spacial score (nSPS) is 17.3. The molecule has 1 saturated heterocycles. The zero-order chi connectivity index (χ0) is 21.6. The van der Waals surface area contributed by atoms with E-state index in [0.29, 0.717) is 43.4 Å². The largest absolute Gasteiger partial charge is 0.494 e. The van der Waals surface area contributed by atoms with E-state index in [9.17, 15) is 13.2 Å². The van der Waals surface area contributed by atoms with Crippen LogP contribution in [0.2, 0.25) is 0 Å².